The fourth-order valence-corrected chi connectivity index (χ4v) is 5.61. The number of nitrogens with one attached hydrogen (secondary N) is 2. The van der Waals surface area contributed by atoms with E-state index in [-0.39, 0.29) is 37.1 Å². The predicted octanol–water partition coefficient (Wildman–Crippen LogP) is -0.246. The van der Waals surface area contributed by atoms with Crippen LogP contribution < -0.4 is 10.6 Å². The number of carbonyl (C=O) groups is 2. The Morgan fingerprint density at radius 2 is 1.76 bits per heavy atom. The van der Waals surface area contributed by atoms with Gasteiger partial charge in [-0.15, -0.1) is 0 Å². The van der Waals surface area contributed by atoms with Crippen molar-refractivity contribution in [1.29, 1.82) is 0 Å². The number of halogens is 1. The van der Waals surface area contributed by atoms with Crippen molar-refractivity contribution in [2.45, 2.75) is 88.1 Å². The summed E-state index contributed by atoms with van der Waals surface area (Å²) >= 11 is 0. The third-order valence-corrected chi connectivity index (χ3v) is 7.69. The zero-order chi connectivity index (χ0) is 23.4. The Kier molecular flexibility index (Phi) is 8.56. The van der Waals surface area contributed by atoms with Crippen molar-refractivity contribution in [3.8, 4) is 0 Å². The van der Waals surface area contributed by atoms with Gasteiger partial charge in [-0.3, -0.25) is 14.5 Å². The van der Waals surface area contributed by atoms with E-state index in [1.54, 1.807) is 4.90 Å². The number of hydrogen-bond donors (Lipinski definition) is 4. The first kappa shape index (κ1) is 24.8. The third-order valence-electron chi connectivity index (χ3n) is 7.69. The van der Waals surface area contributed by atoms with Crippen molar-refractivity contribution >= 4 is 11.8 Å². The summed E-state index contributed by atoms with van der Waals surface area (Å²) in [4.78, 5) is 29.4. The van der Waals surface area contributed by atoms with Crippen molar-refractivity contribution in [2.24, 2.45) is 5.92 Å². The number of hydrogen-bond acceptors (Lipinski definition) is 7. The van der Waals surface area contributed by atoms with E-state index in [9.17, 15) is 24.2 Å². The Balaban J connectivity index is 1.20. The highest BCUT2D eigenvalue weighted by molar-refractivity contribution is 5.79. The molecule has 1 aliphatic carbocycles. The maximum absolute atomic E-state index is 13.6. The Morgan fingerprint density at radius 1 is 1.00 bits per heavy atom. The maximum atomic E-state index is 13.6. The van der Waals surface area contributed by atoms with Crippen LogP contribution in [0, 0.1) is 5.92 Å². The topological polar surface area (TPSA) is 114 Å². The Morgan fingerprint density at radius 3 is 2.45 bits per heavy atom. The summed E-state index contributed by atoms with van der Waals surface area (Å²) in [6.07, 6.45) is 1.14. The lowest BCUT2D eigenvalue weighted by molar-refractivity contribution is -0.138. The summed E-state index contributed by atoms with van der Waals surface area (Å²) in [6.45, 7) is 3.98. The highest BCUT2D eigenvalue weighted by Gasteiger charge is 2.44. The summed E-state index contributed by atoms with van der Waals surface area (Å²) in [5, 5.41) is 27.1. The van der Waals surface area contributed by atoms with E-state index in [0.717, 1.165) is 26.1 Å². The van der Waals surface area contributed by atoms with E-state index in [4.69, 9.17) is 4.74 Å². The standard InChI is InChI=1S/C23H39FN4O5/c24-16-5-3-4-15(12-16)23(32)26-14-18-22(31)21(30)17(33-18)13-20(29)28-10-8-27(9-11-28)19-6-1-2-7-25-19/h15-19,21-22,25,30-31H,1-14H2,(H,26,32)/t15?,16?,17-,18-,19?,21+,22-/m1/s1. The number of piperazine rings is 1. The molecule has 10 heteroatoms. The Hall–Kier alpha value is -1.33. The second-order valence-corrected chi connectivity index (χ2v) is 9.99. The fourth-order valence-electron chi connectivity index (χ4n) is 5.61. The molecule has 188 valence electrons. The molecule has 0 aromatic rings. The average Bonchev–Trinajstić information content (AvgIpc) is 3.11. The highest BCUT2D eigenvalue weighted by Crippen LogP contribution is 2.27. The first-order valence-corrected chi connectivity index (χ1v) is 12.6. The summed E-state index contributed by atoms with van der Waals surface area (Å²) < 4.78 is 19.3. The van der Waals surface area contributed by atoms with Crippen molar-refractivity contribution in [2.75, 3.05) is 39.3 Å². The first-order valence-electron chi connectivity index (χ1n) is 12.6. The molecule has 7 atom stereocenters. The Labute approximate surface area is 195 Å². The normalized spacial score (nSPS) is 38.3. The number of nitrogens with zero attached hydrogens (tertiary/aromatic N) is 2. The quantitative estimate of drug-likeness (QED) is 0.423. The minimum absolute atomic E-state index is 0.00346. The van der Waals surface area contributed by atoms with Gasteiger partial charge in [0.25, 0.3) is 0 Å². The molecule has 0 aromatic carbocycles. The average molecular weight is 471 g/mol. The van der Waals surface area contributed by atoms with Crippen molar-refractivity contribution in [3.05, 3.63) is 0 Å². The summed E-state index contributed by atoms with van der Waals surface area (Å²) in [5.41, 5.74) is 0. The van der Waals surface area contributed by atoms with Crippen molar-refractivity contribution in [1.82, 2.24) is 20.4 Å². The van der Waals surface area contributed by atoms with Crippen LogP contribution in [-0.2, 0) is 14.3 Å². The molecule has 9 nitrogen and oxygen atoms in total. The smallest absolute Gasteiger partial charge is 0.225 e. The lowest BCUT2D eigenvalue weighted by Crippen LogP contribution is -2.57. The van der Waals surface area contributed by atoms with Crippen LogP contribution in [0.4, 0.5) is 4.39 Å². The zero-order valence-electron chi connectivity index (χ0n) is 19.3. The van der Waals surface area contributed by atoms with Gasteiger partial charge in [-0.05, 0) is 51.5 Å². The van der Waals surface area contributed by atoms with E-state index in [0.29, 0.717) is 38.5 Å². The molecule has 4 fully saturated rings. The van der Waals surface area contributed by atoms with Crippen LogP contribution >= 0.6 is 0 Å². The number of alkyl halides is 1. The van der Waals surface area contributed by atoms with Crippen LogP contribution in [0.5, 0.6) is 0 Å². The minimum Gasteiger partial charge on any atom is -0.388 e. The van der Waals surface area contributed by atoms with Crippen LogP contribution in [-0.4, -0.2) is 108 Å². The molecule has 0 bridgehead atoms. The monoisotopic (exact) mass is 470 g/mol. The predicted molar refractivity (Wildman–Crippen MR) is 119 cm³/mol. The maximum Gasteiger partial charge on any atom is 0.225 e. The fraction of sp³-hybridized carbons (Fsp3) is 0.913. The van der Waals surface area contributed by atoms with Gasteiger partial charge in [0.15, 0.2) is 0 Å². The molecule has 33 heavy (non-hydrogen) atoms. The molecule has 0 spiro atoms. The molecule has 2 amide bonds. The van der Waals surface area contributed by atoms with E-state index in [2.05, 4.69) is 15.5 Å². The van der Waals surface area contributed by atoms with Gasteiger partial charge in [-0.2, -0.15) is 0 Å². The number of ether oxygens (including phenoxy) is 1. The number of amides is 2. The molecule has 0 aromatic heterocycles. The lowest BCUT2D eigenvalue weighted by Gasteiger charge is -2.41. The zero-order valence-corrected chi connectivity index (χ0v) is 19.3. The third kappa shape index (κ3) is 6.22. The van der Waals surface area contributed by atoms with Gasteiger partial charge in [0.05, 0.1) is 18.7 Å². The van der Waals surface area contributed by atoms with Crippen LogP contribution in [0.2, 0.25) is 0 Å². The van der Waals surface area contributed by atoms with Crippen LogP contribution in [0.25, 0.3) is 0 Å². The molecule has 4 rings (SSSR count). The van der Waals surface area contributed by atoms with Crippen molar-refractivity contribution in [3.63, 3.8) is 0 Å². The van der Waals surface area contributed by atoms with Crippen LogP contribution in [0.3, 0.4) is 0 Å². The van der Waals surface area contributed by atoms with E-state index < -0.39 is 30.6 Å². The largest absolute Gasteiger partial charge is 0.388 e. The van der Waals surface area contributed by atoms with E-state index >= 15 is 0 Å². The number of carbonyl (C=O) groups excluding carboxylic acids is 2. The van der Waals surface area contributed by atoms with E-state index in [1.165, 1.54) is 12.8 Å². The van der Waals surface area contributed by atoms with Crippen LogP contribution in [0.15, 0.2) is 0 Å². The Bertz CT molecular complexity index is 671. The second-order valence-electron chi connectivity index (χ2n) is 9.99. The summed E-state index contributed by atoms with van der Waals surface area (Å²) in [6, 6.07) is 0. The van der Waals surface area contributed by atoms with Gasteiger partial charge in [0, 0.05) is 38.6 Å². The number of rotatable bonds is 6. The summed E-state index contributed by atoms with van der Waals surface area (Å²) in [5.74, 6) is -0.701. The molecule has 0 radical (unpaired) electrons. The number of aliphatic hydroxyl groups is 2. The van der Waals surface area contributed by atoms with Crippen LogP contribution in [0.1, 0.15) is 51.4 Å². The van der Waals surface area contributed by atoms with Gasteiger partial charge in [0.1, 0.15) is 24.5 Å². The molecule has 4 N–H and O–H groups in total. The van der Waals surface area contributed by atoms with E-state index in [1.807, 2.05) is 0 Å². The molecular formula is C23H39FN4O5. The van der Waals surface area contributed by atoms with Gasteiger partial charge in [0.2, 0.25) is 11.8 Å². The molecule has 3 aliphatic heterocycles. The second kappa shape index (κ2) is 11.4. The molecule has 1 saturated carbocycles. The number of aliphatic hydroxyl groups excluding tert-OH is 2. The molecule has 3 saturated heterocycles. The molecule has 3 unspecified atom stereocenters. The first-order chi connectivity index (χ1) is 15.9. The minimum atomic E-state index is -1.19. The molecular weight excluding hydrogens is 431 g/mol. The van der Waals surface area contributed by atoms with Gasteiger partial charge >= 0.3 is 0 Å². The SMILES string of the molecule is O=C(NC[C@H]1O[C@H](CC(=O)N2CCN(C3CCCCN3)CC2)[C@H](O)[C@@H]1O)C1CCCC(F)C1. The van der Waals surface area contributed by atoms with Gasteiger partial charge < -0.3 is 30.5 Å². The van der Waals surface area contributed by atoms with Gasteiger partial charge in [-0.1, -0.05) is 0 Å². The van der Waals surface area contributed by atoms with Gasteiger partial charge in [-0.25, -0.2) is 4.39 Å². The molecule has 4 aliphatic rings. The summed E-state index contributed by atoms with van der Waals surface area (Å²) in [7, 11) is 0. The van der Waals surface area contributed by atoms with Crippen molar-refractivity contribution < 1.29 is 28.9 Å². The molecule has 3 heterocycles. The lowest BCUT2D eigenvalue weighted by atomic mass is 9.87. The highest BCUT2D eigenvalue weighted by atomic mass is 19.1. The number of piperidine rings is 1.